The zero-order valence-corrected chi connectivity index (χ0v) is 23.0. The summed E-state index contributed by atoms with van der Waals surface area (Å²) in [4.78, 5) is 3.93. The average Bonchev–Trinajstić information content (AvgIpc) is 3.31. The van der Waals surface area contributed by atoms with Gasteiger partial charge in [0.05, 0.1) is 33.1 Å². The first-order valence-corrected chi connectivity index (χ1v) is 13.7. The third-order valence-electron chi connectivity index (χ3n) is 6.69. The van der Waals surface area contributed by atoms with Crippen LogP contribution in [0.4, 0.5) is 24.7 Å². The molecule has 8 nitrogen and oxygen atoms in total. The molecular weight excluding hydrogens is 559 g/mol. The smallest absolute Gasteiger partial charge is 0.271 e. The summed E-state index contributed by atoms with van der Waals surface area (Å²) in [7, 11) is -2.24. The normalized spacial score (nSPS) is 17.4. The Labute approximate surface area is 229 Å². The molecule has 1 aliphatic heterocycles. The van der Waals surface area contributed by atoms with E-state index in [2.05, 4.69) is 4.98 Å². The van der Waals surface area contributed by atoms with Gasteiger partial charge in [-0.1, -0.05) is 24.6 Å². The number of halogens is 4. The van der Waals surface area contributed by atoms with Crippen LogP contribution in [-0.4, -0.2) is 52.4 Å². The van der Waals surface area contributed by atoms with Gasteiger partial charge in [0, 0.05) is 36.2 Å². The highest BCUT2D eigenvalue weighted by atomic mass is 35.5. The van der Waals surface area contributed by atoms with Crippen LogP contribution in [0.15, 0.2) is 47.4 Å². The van der Waals surface area contributed by atoms with Gasteiger partial charge in [0.1, 0.15) is 28.2 Å². The molecule has 1 saturated heterocycles. The zero-order valence-electron chi connectivity index (χ0n) is 21.4. The molecule has 1 atom stereocenters. The third-order valence-corrected chi connectivity index (χ3v) is 8.84. The van der Waals surface area contributed by atoms with E-state index in [-0.39, 0.29) is 30.2 Å². The van der Waals surface area contributed by atoms with E-state index in [0.29, 0.717) is 23.0 Å². The minimum atomic E-state index is -5.04. The molecule has 1 N–H and O–H groups in total. The first-order valence-electron chi connectivity index (χ1n) is 11.8. The molecule has 2 aromatic carbocycles. The Morgan fingerprint density at radius 2 is 1.90 bits per heavy atom. The Morgan fingerprint density at radius 3 is 2.51 bits per heavy atom. The van der Waals surface area contributed by atoms with Gasteiger partial charge in [-0.25, -0.2) is 26.5 Å². The maximum absolute atomic E-state index is 15.7. The molecule has 39 heavy (non-hydrogen) atoms. The Morgan fingerprint density at radius 1 is 1.15 bits per heavy atom. The summed E-state index contributed by atoms with van der Waals surface area (Å²) < 4.78 is 84.1. The van der Waals surface area contributed by atoms with Crippen LogP contribution in [0.3, 0.4) is 0 Å². The molecule has 1 fully saturated rings. The van der Waals surface area contributed by atoms with Crippen LogP contribution in [-0.2, 0) is 16.6 Å². The minimum Gasteiger partial charge on any atom is -0.497 e. The van der Waals surface area contributed by atoms with Crippen LogP contribution in [0.5, 0.6) is 11.5 Å². The summed E-state index contributed by atoms with van der Waals surface area (Å²) in [6, 6.07) is 8.83. The zero-order chi connectivity index (χ0) is 28.5. The van der Waals surface area contributed by atoms with Gasteiger partial charge in [0.25, 0.3) is 10.0 Å². The molecule has 0 amide bonds. The quantitative estimate of drug-likeness (QED) is 0.286. The lowest BCUT2D eigenvalue weighted by Gasteiger charge is -2.27. The fourth-order valence-corrected chi connectivity index (χ4v) is 6.30. The highest BCUT2D eigenvalue weighted by Crippen LogP contribution is 2.41. The van der Waals surface area contributed by atoms with E-state index < -0.39 is 55.3 Å². The standard InChI is InChI=1S/C26H27ClF3N3O5S/c1-26(15-34)9-10-32(14-26)19-12-18(28)25(24(30)23(19)27)39(35,36)33(22-6-4-5-21(29)31-22)13-16-7-8-17(37-2)11-20(16)38-3/h4-8,11-12,34H,9-10,13-15H2,1-3H3. The van der Waals surface area contributed by atoms with Crippen molar-refractivity contribution in [3.63, 3.8) is 0 Å². The Kier molecular flexibility index (Phi) is 8.20. The number of hydrogen-bond acceptors (Lipinski definition) is 7. The summed E-state index contributed by atoms with van der Waals surface area (Å²) in [5, 5.41) is 9.06. The minimum absolute atomic E-state index is 0.0324. The highest BCUT2D eigenvalue weighted by Gasteiger charge is 2.38. The number of nitrogens with zero attached hydrogens (tertiary/aromatic N) is 3. The van der Waals surface area contributed by atoms with Gasteiger partial charge >= 0.3 is 0 Å². The van der Waals surface area contributed by atoms with Crippen molar-refractivity contribution < 1.29 is 36.2 Å². The number of anilines is 2. The highest BCUT2D eigenvalue weighted by molar-refractivity contribution is 7.92. The molecule has 1 aromatic heterocycles. The van der Waals surface area contributed by atoms with Crippen LogP contribution >= 0.6 is 11.6 Å². The van der Waals surface area contributed by atoms with Gasteiger partial charge in [-0.3, -0.25) is 0 Å². The van der Waals surface area contributed by atoms with E-state index in [1.165, 1.54) is 38.5 Å². The first-order chi connectivity index (χ1) is 18.4. The fraction of sp³-hybridized carbons (Fsp3) is 0.346. The fourth-order valence-electron chi connectivity index (χ4n) is 4.46. The van der Waals surface area contributed by atoms with Crippen LogP contribution < -0.4 is 18.7 Å². The SMILES string of the molecule is COc1ccc(CN(c2cccc(F)n2)S(=O)(=O)c2c(F)cc(N3CCC(C)(CO)C3)c(Cl)c2F)c(OC)c1. The number of methoxy groups -OCH3 is 2. The molecular formula is C26H27ClF3N3O5S. The van der Waals surface area contributed by atoms with E-state index in [9.17, 15) is 17.9 Å². The van der Waals surface area contributed by atoms with Crippen molar-refractivity contribution in [2.75, 3.05) is 43.1 Å². The molecule has 0 bridgehead atoms. The summed E-state index contributed by atoms with van der Waals surface area (Å²) in [5.74, 6) is -3.64. The van der Waals surface area contributed by atoms with Gasteiger partial charge in [-0.05, 0) is 30.7 Å². The van der Waals surface area contributed by atoms with Crippen LogP contribution in [0.25, 0.3) is 0 Å². The number of pyridine rings is 1. The first kappa shape index (κ1) is 28.8. The number of aliphatic hydroxyl groups is 1. The third kappa shape index (κ3) is 5.59. The summed E-state index contributed by atoms with van der Waals surface area (Å²) in [5.41, 5.74) is -0.245. The van der Waals surface area contributed by atoms with E-state index in [4.69, 9.17) is 21.1 Å². The van der Waals surface area contributed by atoms with E-state index in [1.807, 2.05) is 6.92 Å². The number of rotatable bonds is 9. The van der Waals surface area contributed by atoms with Gasteiger partial charge in [-0.2, -0.15) is 4.39 Å². The van der Waals surface area contributed by atoms with Crippen molar-refractivity contribution in [2.45, 2.75) is 24.8 Å². The lowest BCUT2D eigenvalue weighted by Crippen LogP contribution is -2.33. The molecule has 13 heteroatoms. The van der Waals surface area contributed by atoms with Gasteiger partial charge in [0.15, 0.2) is 10.7 Å². The topological polar surface area (TPSA) is 92.2 Å². The molecule has 0 spiro atoms. The van der Waals surface area contributed by atoms with Crippen LogP contribution in [0.2, 0.25) is 5.02 Å². The summed E-state index contributed by atoms with van der Waals surface area (Å²) in [6.45, 7) is 1.81. The monoisotopic (exact) mass is 585 g/mol. The molecule has 1 unspecified atom stereocenters. The van der Waals surface area contributed by atoms with E-state index >= 15 is 8.78 Å². The van der Waals surface area contributed by atoms with Crippen molar-refractivity contribution in [2.24, 2.45) is 5.41 Å². The molecule has 210 valence electrons. The summed E-state index contributed by atoms with van der Waals surface area (Å²) in [6.07, 6.45) is 0.547. The Hall–Kier alpha value is -3.22. The Bertz CT molecular complexity index is 1490. The maximum atomic E-state index is 15.7. The van der Waals surface area contributed by atoms with Crippen molar-refractivity contribution in [1.82, 2.24) is 4.98 Å². The molecule has 0 aliphatic carbocycles. The second-order valence-electron chi connectivity index (χ2n) is 9.48. The molecule has 4 rings (SSSR count). The number of ether oxygens (including phenoxy) is 2. The number of benzene rings is 2. The number of hydrogen-bond donors (Lipinski definition) is 1. The second kappa shape index (κ2) is 11.1. The van der Waals surface area contributed by atoms with Gasteiger partial charge in [0.2, 0.25) is 5.95 Å². The average molecular weight is 586 g/mol. The van der Waals surface area contributed by atoms with Crippen molar-refractivity contribution >= 4 is 33.1 Å². The molecule has 0 saturated carbocycles. The number of aliphatic hydroxyl groups excluding tert-OH is 1. The van der Waals surface area contributed by atoms with Crippen LogP contribution in [0, 0.1) is 23.0 Å². The van der Waals surface area contributed by atoms with Crippen LogP contribution in [0.1, 0.15) is 18.9 Å². The van der Waals surface area contributed by atoms with Crippen molar-refractivity contribution in [3.8, 4) is 11.5 Å². The second-order valence-corrected chi connectivity index (χ2v) is 11.7. The lowest BCUT2D eigenvalue weighted by atomic mass is 9.91. The van der Waals surface area contributed by atoms with E-state index in [0.717, 1.165) is 12.1 Å². The predicted octanol–water partition coefficient (Wildman–Crippen LogP) is 4.77. The number of sulfonamides is 1. The van der Waals surface area contributed by atoms with Crippen molar-refractivity contribution in [1.29, 1.82) is 0 Å². The van der Waals surface area contributed by atoms with E-state index in [1.54, 1.807) is 11.0 Å². The Balaban J connectivity index is 1.83. The summed E-state index contributed by atoms with van der Waals surface area (Å²) >= 11 is 6.27. The molecule has 0 radical (unpaired) electrons. The molecule has 3 aromatic rings. The van der Waals surface area contributed by atoms with Gasteiger partial charge < -0.3 is 19.5 Å². The lowest BCUT2D eigenvalue weighted by molar-refractivity contribution is 0.162. The van der Waals surface area contributed by atoms with Crippen molar-refractivity contribution in [3.05, 3.63) is 70.6 Å². The van der Waals surface area contributed by atoms with Gasteiger partial charge in [-0.15, -0.1) is 0 Å². The molecule has 2 heterocycles. The maximum Gasteiger partial charge on any atom is 0.271 e. The predicted molar refractivity (Wildman–Crippen MR) is 141 cm³/mol. The number of aromatic nitrogens is 1. The largest absolute Gasteiger partial charge is 0.497 e. The molecule has 1 aliphatic rings.